The summed E-state index contributed by atoms with van der Waals surface area (Å²) in [5.41, 5.74) is 2.89. The molecule has 0 aliphatic rings. The van der Waals surface area contributed by atoms with E-state index in [1.54, 1.807) is 18.2 Å². The number of carbonyl (C=O) groups is 1. The molecule has 2 N–H and O–H groups in total. The number of imidazole rings is 1. The molecule has 1 unspecified atom stereocenters. The standard InChI is InChI=1S/C23H20ClN3O2/c24-18-11-12-20-19(14-18)26-23(29)27(20)21(13-16-7-3-1-4-8-16)22(28)25-15-17-9-5-2-6-10-17/h1-12,14,21H,13,15H2,(H,25,28)(H,26,29). The Morgan fingerprint density at radius 1 is 0.966 bits per heavy atom. The van der Waals surface area contributed by atoms with Gasteiger partial charge in [-0.2, -0.15) is 0 Å². The summed E-state index contributed by atoms with van der Waals surface area (Å²) in [7, 11) is 0. The number of H-pyrrole nitrogens is 1. The summed E-state index contributed by atoms with van der Waals surface area (Å²) < 4.78 is 1.51. The predicted molar refractivity (Wildman–Crippen MR) is 115 cm³/mol. The molecule has 1 atom stereocenters. The van der Waals surface area contributed by atoms with Crippen molar-refractivity contribution in [2.24, 2.45) is 0 Å². The number of amides is 1. The Bertz CT molecular complexity index is 1180. The summed E-state index contributed by atoms with van der Waals surface area (Å²) in [5.74, 6) is -0.212. The molecule has 1 heterocycles. The monoisotopic (exact) mass is 405 g/mol. The molecule has 0 saturated heterocycles. The van der Waals surface area contributed by atoms with E-state index in [9.17, 15) is 9.59 Å². The zero-order chi connectivity index (χ0) is 20.2. The third-order valence-corrected chi connectivity index (χ3v) is 5.11. The summed E-state index contributed by atoms with van der Waals surface area (Å²) in [6, 6.07) is 23.8. The average Bonchev–Trinajstić information content (AvgIpc) is 3.06. The molecule has 0 saturated carbocycles. The predicted octanol–water partition coefficient (Wildman–Crippen LogP) is 4.08. The van der Waals surface area contributed by atoms with E-state index in [0.29, 0.717) is 29.0 Å². The van der Waals surface area contributed by atoms with Crippen LogP contribution in [0.5, 0.6) is 0 Å². The fraction of sp³-hybridized carbons (Fsp3) is 0.130. The molecular formula is C23H20ClN3O2. The highest BCUT2D eigenvalue weighted by Gasteiger charge is 2.25. The Labute approximate surface area is 173 Å². The zero-order valence-electron chi connectivity index (χ0n) is 15.6. The van der Waals surface area contributed by atoms with Crippen LogP contribution in [-0.2, 0) is 17.8 Å². The maximum absolute atomic E-state index is 13.2. The number of nitrogens with zero attached hydrogens (tertiary/aromatic N) is 1. The van der Waals surface area contributed by atoms with Gasteiger partial charge in [0.15, 0.2) is 0 Å². The molecule has 29 heavy (non-hydrogen) atoms. The van der Waals surface area contributed by atoms with Crippen LogP contribution in [0.1, 0.15) is 17.2 Å². The van der Waals surface area contributed by atoms with Crippen LogP contribution in [0, 0.1) is 0 Å². The summed E-state index contributed by atoms with van der Waals surface area (Å²) in [6.45, 7) is 0.397. The van der Waals surface area contributed by atoms with E-state index >= 15 is 0 Å². The van der Waals surface area contributed by atoms with Crippen molar-refractivity contribution in [3.8, 4) is 0 Å². The van der Waals surface area contributed by atoms with Crippen molar-refractivity contribution >= 4 is 28.5 Å². The van der Waals surface area contributed by atoms with E-state index in [1.807, 2.05) is 60.7 Å². The van der Waals surface area contributed by atoms with Crippen molar-refractivity contribution in [1.82, 2.24) is 14.9 Å². The molecule has 3 aromatic carbocycles. The first-order valence-electron chi connectivity index (χ1n) is 9.37. The van der Waals surface area contributed by atoms with Crippen molar-refractivity contribution < 1.29 is 4.79 Å². The van der Waals surface area contributed by atoms with Crippen LogP contribution in [0.4, 0.5) is 0 Å². The number of fused-ring (bicyclic) bond motifs is 1. The first-order valence-corrected chi connectivity index (χ1v) is 9.75. The number of aromatic nitrogens is 2. The van der Waals surface area contributed by atoms with Gasteiger partial charge in [0, 0.05) is 18.0 Å². The third-order valence-electron chi connectivity index (χ3n) is 4.87. The number of nitrogens with one attached hydrogen (secondary N) is 2. The van der Waals surface area contributed by atoms with E-state index in [4.69, 9.17) is 11.6 Å². The Morgan fingerprint density at radius 2 is 1.62 bits per heavy atom. The van der Waals surface area contributed by atoms with Crippen LogP contribution in [0.3, 0.4) is 0 Å². The van der Waals surface area contributed by atoms with Gasteiger partial charge in [-0.1, -0.05) is 72.3 Å². The SMILES string of the molecule is O=C(NCc1ccccc1)C(Cc1ccccc1)n1c(=O)[nH]c2cc(Cl)ccc21. The minimum absolute atomic E-state index is 0.212. The highest BCUT2D eigenvalue weighted by molar-refractivity contribution is 6.31. The van der Waals surface area contributed by atoms with Crippen LogP contribution in [-0.4, -0.2) is 15.5 Å². The fourth-order valence-corrected chi connectivity index (χ4v) is 3.63. The minimum atomic E-state index is -0.691. The number of aromatic amines is 1. The number of benzene rings is 3. The van der Waals surface area contributed by atoms with Gasteiger partial charge < -0.3 is 10.3 Å². The van der Waals surface area contributed by atoms with Gasteiger partial charge in [0.1, 0.15) is 6.04 Å². The first-order chi connectivity index (χ1) is 14.1. The van der Waals surface area contributed by atoms with Crippen LogP contribution >= 0.6 is 11.6 Å². The number of carbonyl (C=O) groups excluding carboxylic acids is 1. The normalized spacial score (nSPS) is 12.0. The molecule has 0 fully saturated rings. The Kier molecular flexibility index (Phi) is 5.49. The second-order valence-corrected chi connectivity index (χ2v) is 7.31. The Morgan fingerprint density at radius 3 is 2.31 bits per heavy atom. The van der Waals surface area contributed by atoms with Gasteiger partial charge in [-0.05, 0) is 29.3 Å². The molecule has 1 aromatic heterocycles. The lowest BCUT2D eigenvalue weighted by molar-refractivity contribution is -0.124. The second-order valence-electron chi connectivity index (χ2n) is 6.87. The summed E-state index contributed by atoms with van der Waals surface area (Å²) in [4.78, 5) is 28.7. The van der Waals surface area contributed by atoms with E-state index in [-0.39, 0.29) is 11.6 Å². The van der Waals surface area contributed by atoms with Gasteiger partial charge in [-0.25, -0.2) is 4.79 Å². The van der Waals surface area contributed by atoms with Crippen molar-refractivity contribution in [2.75, 3.05) is 0 Å². The topological polar surface area (TPSA) is 66.9 Å². The van der Waals surface area contributed by atoms with Gasteiger partial charge >= 0.3 is 5.69 Å². The first kappa shape index (κ1) is 19.0. The molecule has 1 amide bonds. The van der Waals surface area contributed by atoms with Gasteiger partial charge in [0.2, 0.25) is 5.91 Å². The smallest absolute Gasteiger partial charge is 0.327 e. The molecule has 0 aliphatic heterocycles. The lowest BCUT2D eigenvalue weighted by Gasteiger charge is -2.19. The summed E-state index contributed by atoms with van der Waals surface area (Å²) >= 11 is 6.06. The van der Waals surface area contributed by atoms with E-state index in [2.05, 4.69) is 10.3 Å². The van der Waals surface area contributed by atoms with Crippen LogP contribution in [0.15, 0.2) is 83.7 Å². The maximum Gasteiger partial charge on any atom is 0.327 e. The highest BCUT2D eigenvalue weighted by Crippen LogP contribution is 2.22. The van der Waals surface area contributed by atoms with Crippen molar-refractivity contribution in [2.45, 2.75) is 19.0 Å². The van der Waals surface area contributed by atoms with Gasteiger partial charge in [-0.3, -0.25) is 9.36 Å². The number of halogens is 1. The van der Waals surface area contributed by atoms with E-state index in [1.165, 1.54) is 4.57 Å². The number of rotatable bonds is 6. The quantitative estimate of drug-likeness (QED) is 0.507. The zero-order valence-corrected chi connectivity index (χ0v) is 16.4. The molecule has 0 bridgehead atoms. The van der Waals surface area contributed by atoms with E-state index in [0.717, 1.165) is 11.1 Å². The maximum atomic E-state index is 13.2. The molecule has 146 valence electrons. The molecule has 4 rings (SSSR count). The molecule has 0 radical (unpaired) electrons. The summed E-state index contributed by atoms with van der Waals surface area (Å²) in [5, 5.41) is 3.50. The summed E-state index contributed by atoms with van der Waals surface area (Å²) in [6.07, 6.45) is 0.400. The lowest BCUT2D eigenvalue weighted by Crippen LogP contribution is -2.37. The van der Waals surface area contributed by atoms with E-state index < -0.39 is 6.04 Å². The molecule has 0 spiro atoms. The van der Waals surface area contributed by atoms with Crippen LogP contribution < -0.4 is 11.0 Å². The van der Waals surface area contributed by atoms with Crippen molar-refractivity contribution in [3.63, 3.8) is 0 Å². The van der Waals surface area contributed by atoms with Gasteiger partial charge in [-0.15, -0.1) is 0 Å². The second kappa shape index (κ2) is 8.37. The highest BCUT2D eigenvalue weighted by atomic mass is 35.5. The van der Waals surface area contributed by atoms with Crippen LogP contribution in [0.25, 0.3) is 11.0 Å². The minimum Gasteiger partial charge on any atom is -0.350 e. The molecular weight excluding hydrogens is 386 g/mol. The van der Waals surface area contributed by atoms with Crippen molar-refractivity contribution in [3.05, 3.63) is 105 Å². The number of hydrogen-bond acceptors (Lipinski definition) is 2. The number of hydrogen-bond donors (Lipinski definition) is 2. The molecule has 6 heteroatoms. The Hall–Kier alpha value is -3.31. The third kappa shape index (κ3) is 4.25. The average molecular weight is 406 g/mol. The lowest BCUT2D eigenvalue weighted by atomic mass is 10.0. The molecule has 0 aliphatic carbocycles. The largest absolute Gasteiger partial charge is 0.350 e. The molecule has 5 nitrogen and oxygen atoms in total. The van der Waals surface area contributed by atoms with Gasteiger partial charge in [0.25, 0.3) is 0 Å². The van der Waals surface area contributed by atoms with Gasteiger partial charge in [0.05, 0.1) is 11.0 Å². The Balaban J connectivity index is 1.70. The van der Waals surface area contributed by atoms with Crippen molar-refractivity contribution in [1.29, 1.82) is 0 Å². The fourth-order valence-electron chi connectivity index (χ4n) is 3.45. The molecule has 4 aromatic rings. The van der Waals surface area contributed by atoms with Crippen LogP contribution in [0.2, 0.25) is 5.02 Å².